The molecule has 1 rings (SSSR count). The van der Waals surface area contributed by atoms with Gasteiger partial charge in [-0.2, -0.15) is 0 Å². The molecule has 4 nitrogen and oxygen atoms in total. The van der Waals surface area contributed by atoms with Crippen LogP contribution >= 0.6 is 11.6 Å². The van der Waals surface area contributed by atoms with E-state index in [2.05, 4.69) is 5.32 Å². The summed E-state index contributed by atoms with van der Waals surface area (Å²) in [6.45, 7) is 0. The third-order valence-electron chi connectivity index (χ3n) is 1.48. The highest BCUT2D eigenvalue weighted by Crippen LogP contribution is 2.13. The molecule has 1 N–H and O–H groups in total. The fourth-order valence-electron chi connectivity index (χ4n) is 0.861. The van der Waals surface area contributed by atoms with E-state index in [0.29, 0.717) is 16.8 Å². The minimum absolute atomic E-state index is 0.535. The van der Waals surface area contributed by atoms with Crippen LogP contribution in [-0.2, 0) is 9.59 Å². The zero-order chi connectivity index (χ0) is 11.3. The number of benzene rings is 1. The lowest BCUT2D eigenvalue weighted by molar-refractivity contribution is -0.297. The first-order chi connectivity index (χ1) is 7.08. The van der Waals surface area contributed by atoms with Crippen LogP contribution in [-0.4, -0.2) is 11.9 Å². The molecule has 1 aromatic carbocycles. The maximum atomic E-state index is 11.1. The van der Waals surface area contributed by atoms with Gasteiger partial charge < -0.3 is 15.2 Å². The molecular weight excluding hydrogens is 218 g/mol. The summed E-state index contributed by atoms with van der Waals surface area (Å²) in [6.07, 6.45) is 1.54. The van der Waals surface area contributed by atoms with Crippen molar-refractivity contribution in [3.63, 3.8) is 0 Å². The van der Waals surface area contributed by atoms with E-state index in [9.17, 15) is 14.7 Å². The minimum atomic E-state index is -1.42. The maximum Gasteiger partial charge on any atom is 0.248 e. The van der Waals surface area contributed by atoms with Crippen molar-refractivity contribution in [2.24, 2.45) is 0 Å². The molecule has 0 radical (unpaired) electrons. The molecule has 0 aliphatic rings. The highest BCUT2D eigenvalue weighted by Gasteiger charge is 1.96. The van der Waals surface area contributed by atoms with Crippen LogP contribution in [0.5, 0.6) is 0 Å². The second-order valence-electron chi connectivity index (χ2n) is 2.65. The molecule has 0 bridgehead atoms. The van der Waals surface area contributed by atoms with E-state index >= 15 is 0 Å². The third kappa shape index (κ3) is 4.28. The van der Waals surface area contributed by atoms with Crippen molar-refractivity contribution in [2.75, 3.05) is 5.32 Å². The predicted molar refractivity (Wildman–Crippen MR) is 54.2 cm³/mol. The molecule has 1 aromatic rings. The van der Waals surface area contributed by atoms with Crippen LogP contribution in [0, 0.1) is 0 Å². The number of carbonyl (C=O) groups is 2. The summed E-state index contributed by atoms with van der Waals surface area (Å²) >= 11 is 5.64. The number of rotatable bonds is 3. The van der Waals surface area contributed by atoms with E-state index < -0.39 is 11.9 Å². The summed E-state index contributed by atoms with van der Waals surface area (Å²) in [6, 6.07) is 6.43. The Balaban J connectivity index is 2.59. The van der Waals surface area contributed by atoms with Crippen molar-refractivity contribution < 1.29 is 14.7 Å². The number of anilines is 1. The Labute approximate surface area is 91.2 Å². The molecule has 0 aliphatic carbocycles. The van der Waals surface area contributed by atoms with Crippen LogP contribution in [0.2, 0.25) is 5.02 Å². The van der Waals surface area contributed by atoms with Gasteiger partial charge in [-0.15, -0.1) is 0 Å². The van der Waals surface area contributed by atoms with Crippen molar-refractivity contribution in [3.05, 3.63) is 41.4 Å². The van der Waals surface area contributed by atoms with Gasteiger partial charge in [0.1, 0.15) is 0 Å². The van der Waals surface area contributed by atoms with E-state index in [1.165, 1.54) is 0 Å². The molecule has 0 spiro atoms. The molecule has 0 aliphatic heterocycles. The molecule has 1 amide bonds. The van der Waals surface area contributed by atoms with Gasteiger partial charge in [0.2, 0.25) is 5.91 Å². The van der Waals surface area contributed by atoms with Crippen LogP contribution in [0.1, 0.15) is 0 Å². The lowest BCUT2D eigenvalue weighted by Crippen LogP contribution is -2.20. The number of carboxylic acids is 1. The van der Waals surface area contributed by atoms with Crippen LogP contribution in [0.15, 0.2) is 36.4 Å². The number of aliphatic carboxylic acids is 1. The van der Waals surface area contributed by atoms with Gasteiger partial charge in [0.15, 0.2) is 0 Å². The number of halogens is 1. The number of amides is 1. The average molecular weight is 225 g/mol. The van der Waals surface area contributed by atoms with E-state index in [1.54, 1.807) is 24.3 Å². The van der Waals surface area contributed by atoms with E-state index in [1.807, 2.05) is 0 Å². The smallest absolute Gasteiger partial charge is 0.248 e. The Morgan fingerprint density at radius 2 is 1.80 bits per heavy atom. The summed E-state index contributed by atoms with van der Waals surface area (Å²) in [5, 5.41) is 13.0. The van der Waals surface area contributed by atoms with Crippen molar-refractivity contribution >= 4 is 29.2 Å². The van der Waals surface area contributed by atoms with Gasteiger partial charge in [0, 0.05) is 16.8 Å². The summed E-state index contributed by atoms with van der Waals surface area (Å²) in [5.41, 5.74) is 0.535. The normalized spacial score (nSPS) is 10.2. The Morgan fingerprint density at radius 1 is 1.20 bits per heavy atom. The number of carbonyl (C=O) groups excluding carboxylic acids is 2. The van der Waals surface area contributed by atoms with Crippen LogP contribution in [0.3, 0.4) is 0 Å². The topological polar surface area (TPSA) is 69.2 Å². The fraction of sp³-hybridized carbons (Fsp3) is 0. The highest BCUT2D eigenvalue weighted by atomic mass is 35.5. The molecule has 0 atom stereocenters. The number of hydrogen-bond donors (Lipinski definition) is 1. The van der Waals surface area contributed by atoms with Gasteiger partial charge in [0.25, 0.3) is 0 Å². The van der Waals surface area contributed by atoms with Crippen molar-refractivity contribution in [3.8, 4) is 0 Å². The minimum Gasteiger partial charge on any atom is -0.545 e. The standard InChI is InChI=1S/C10H8ClNO3/c11-7-1-3-8(4-2-7)12-9(13)5-6-10(14)15/h1-6H,(H,12,13)(H,14,15)/p-1. The second-order valence-corrected chi connectivity index (χ2v) is 3.08. The summed E-state index contributed by atoms with van der Waals surface area (Å²) in [7, 11) is 0. The molecule has 0 unspecified atom stereocenters. The average Bonchev–Trinajstić information content (AvgIpc) is 2.19. The summed E-state index contributed by atoms with van der Waals surface area (Å²) in [4.78, 5) is 21.1. The van der Waals surface area contributed by atoms with Crippen LogP contribution in [0.4, 0.5) is 5.69 Å². The molecule has 0 aromatic heterocycles. The molecule has 0 saturated heterocycles. The lowest BCUT2D eigenvalue weighted by Gasteiger charge is -2.01. The van der Waals surface area contributed by atoms with Gasteiger partial charge >= 0.3 is 0 Å². The number of nitrogens with one attached hydrogen (secondary N) is 1. The Morgan fingerprint density at radius 3 is 2.33 bits per heavy atom. The Bertz CT molecular complexity index is 398. The van der Waals surface area contributed by atoms with Crippen LogP contribution < -0.4 is 10.4 Å². The fourth-order valence-corrected chi connectivity index (χ4v) is 0.987. The lowest BCUT2D eigenvalue weighted by atomic mass is 10.3. The van der Waals surface area contributed by atoms with E-state index in [-0.39, 0.29) is 0 Å². The van der Waals surface area contributed by atoms with Gasteiger partial charge in [0.05, 0.1) is 5.97 Å². The molecule has 0 saturated carbocycles. The molecule has 78 valence electrons. The van der Waals surface area contributed by atoms with Crippen LogP contribution in [0.25, 0.3) is 0 Å². The van der Waals surface area contributed by atoms with E-state index in [4.69, 9.17) is 11.6 Å². The zero-order valence-corrected chi connectivity index (χ0v) is 8.32. The Kier molecular flexibility index (Phi) is 3.88. The molecule has 15 heavy (non-hydrogen) atoms. The molecule has 0 fully saturated rings. The molecular formula is C10H7ClNO3-. The number of hydrogen-bond acceptors (Lipinski definition) is 3. The first kappa shape index (κ1) is 11.3. The highest BCUT2D eigenvalue weighted by molar-refractivity contribution is 6.30. The zero-order valence-electron chi connectivity index (χ0n) is 7.57. The molecule has 5 heteroatoms. The quantitative estimate of drug-likeness (QED) is 0.764. The largest absolute Gasteiger partial charge is 0.545 e. The van der Waals surface area contributed by atoms with Gasteiger partial charge in [-0.1, -0.05) is 11.6 Å². The first-order valence-electron chi connectivity index (χ1n) is 4.03. The summed E-state index contributed by atoms with van der Waals surface area (Å²) < 4.78 is 0. The molecule has 0 heterocycles. The van der Waals surface area contributed by atoms with Gasteiger partial charge in [-0.25, -0.2) is 0 Å². The van der Waals surface area contributed by atoms with Crippen molar-refractivity contribution in [1.29, 1.82) is 0 Å². The van der Waals surface area contributed by atoms with E-state index in [0.717, 1.165) is 6.08 Å². The summed E-state index contributed by atoms with van der Waals surface area (Å²) in [5.74, 6) is -1.96. The Hall–Kier alpha value is -1.81. The maximum absolute atomic E-state index is 11.1. The van der Waals surface area contributed by atoms with Crippen molar-refractivity contribution in [2.45, 2.75) is 0 Å². The van der Waals surface area contributed by atoms with Crippen molar-refractivity contribution in [1.82, 2.24) is 0 Å². The SMILES string of the molecule is O=C([O-])C=CC(=O)Nc1ccc(Cl)cc1. The van der Waals surface area contributed by atoms with Gasteiger partial charge in [-0.05, 0) is 30.3 Å². The second kappa shape index (κ2) is 5.17. The monoisotopic (exact) mass is 224 g/mol. The first-order valence-corrected chi connectivity index (χ1v) is 4.41. The van der Waals surface area contributed by atoms with Gasteiger partial charge in [-0.3, -0.25) is 4.79 Å². The third-order valence-corrected chi connectivity index (χ3v) is 1.73. The predicted octanol–water partition coefficient (Wildman–Crippen LogP) is 0.585. The number of carboxylic acid groups (broad SMARTS) is 1.